The second kappa shape index (κ2) is 5.61. The molecule has 0 aromatic heterocycles. The quantitative estimate of drug-likeness (QED) is 0.623. The molecular formula is C11H8BrF2NO. The van der Waals surface area contributed by atoms with Gasteiger partial charge in [-0.15, -0.1) is 0 Å². The normalized spacial score (nSPS) is 9.25. The van der Waals surface area contributed by atoms with Crippen molar-refractivity contribution in [3.05, 3.63) is 33.8 Å². The molecule has 0 fully saturated rings. The van der Waals surface area contributed by atoms with Crippen LogP contribution in [-0.2, 0) is 4.79 Å². The Hall–Kier alpha value is -1.41. The lowest BCUT2D eigenvalue weighted by Crippen LogP contribution is -2.19. The first kappa shape index (κ1) is 12.7. The molecule has 0 aliphatic carbocycles. The lowest BCUT2D eigenvalue weighted by molar-refractivity contribution is -0.118. The number of benzene rings is 1. The number of rotatable bonds is 1. The highest BCUT2D eigenvalue weighted by Gasteiger charge is 2.05. The third-order valence-electron chi connectivity index (χ3n) is 1.66. The highest BCUT2D eigenvalue weighted by molar-refractivity contribution is 9.10. The summed E-state index contributed by atoms with van der Waals surface area (Å²) in [4.78, 5) is 10.5. The van der Waals surface area contributed by atoms with Gasteiger partial charge in [0, 0.05) is 6.92 Å². The van der Waals surface area contributed by atoms with Crippen LogP contribution in [0.3, 0.4) is 0 Å². The van der Waals surface area contributed by atoms with Gasteiger partial charge in [0.1, 0.15) is 11.6 Å². The number of carbonyl (C=O) groups excluding carboxylic acids is 1. The van der Waals surface area contributed by atoms with Crippen LogP contribution in [0.4, 0.5) is 8.78 Å². The Morgan fingerprint density at radius 1 is 1.44 bits per heavy atom. The van der Waals surface area contributed by atoms with Gasteiger partial charge in [-0.2, -0.15) is 0 Å². The van der Waals surface area contributed by atoms with Gasteiger partial charge >= 0.3 is 0 Å². The lowest BCUT2D eigenvalue weighted by atomic mass is 10.2. The zero-order chi connectivity index (χ0) is 12.1. The molecule has 1 aromatic carbocycles. The van der Waals surface area contributed by atoms with Crippen LogP contribution in [0, 0.1) is 23.5 Å². The fourth-order valence-electron chi connectivity index (χ4n) is 0.926. The van der Waals surface area contributed by atoms with E-state index in [2.05, 4.69) is 33.1 Å². The van der Waals surface area contributed by atoms with Gasteiger partial charge in [0.25, 0.3) is 0 Å². The van der Waals surface area contributed by atoms with Gasteiger partial charge in [0.05, 0.1) is 16.6 Å². The Bertz CT molecular complexity index is 477. The number of hydrogen-bond donors (Lipinski definition) is 1. The van der Waals surface area contributed by atoms with E-state index in [9.17, 15) is 13.6 Å². The van der Waals surface area contributed by atoms with Crippen LogP contribution in [0.2, 0.25) is 0 Å². The van der Waals surface area contributed by atoms with Gasteiger partial charge in [-0.05, 0) is 28.1 Å². The van der Waals surface area contributed by atoms with Gasteiger partial charge in [-0.25, -0.2) is 8.78 Å². The maximum atomic E-state index is 13.2. The number of hydrogen-bond acceptors (Lipinski definition) is 1. The predicted octanol–water partition coefficient (Wildman–Crippen LogP) is 2.21. The molecule has 84 valence electrons. The topological polar surface area (TPSA) is 29.1 Å². The molecule has 0 atom stereocenters. The zero-order valence-electron chi connectivity index (χ0n) is 8.40. The SMILES string of the molecule is CC(=O)NCC#Cc1cc(F)c(Br)cc1F. The van der Waals surface area contributed by atoms with Crippen molar-refractivity contribution in [1.29, 1.82) is 0 Å². The molecule has 0 spiro atoms. The van der Waals surface area contributed by atoms with E-state index in [-0.39, 0.29) is 22.5 Å². The molecule has 1 N–H and O–H groups in total. The number of carbonyl (C=O) groups is 1. The van der Waals surface area contributed by atoms with E-state index >= 15 is 0 Å². The second-order valence-electron chi connectivity index (χ2n) is 2.96. The monoisotopic (exact) mass is 287 g/mol. The van der Waals surface area contributed by atoms with E-state index < -0.39 is 11.6 Å². The maximum Gasteiger partial charge on any atom is 0.217 e. The maximum absolute atomic E-state index is 13.2. The molecule has 0 aliphatic heterocycles. The molecule has 1 rings (SSSR count). The van der Waals surface area contributed by atoms with Crippen LogP contribution in [0.5, 0.6) is 0 Å². The minimum absolute atomic E-state index is 0.0361. The van der Waals surface area contributed by atoms with Crippen molar-refractivity contribution in [3.63, 3.8) is 0 Å². The molecule has 16 heavy (non-hydrogen) atoms. The molecule has 0 radical (unpaired) electrons. The molecule has 0 unspecified atom stereocenters. The minimum Gasteiger partial charge on any atom is -0.345 e. The summed E-state index contributed by atoms with van der Waals surface area (Å²) in [7, 11) is 0. The molecule has 5 heteroatoms. The van der Waals surface area contributed by atoms with Crippen molar-refractivity contribution >= 4 is 21.8 Å². The van der Waals surface area contributed by atoms with E-state index in [0.717, 1.165) is 12.1 Å². The summed E-state index contributed by atoms with van der Waals surface area (Å²) >= 11 is 2.86. The first-order valence-electron chi connectivity index (χ1n) is 4.38. The van der Waals surface area contributed by atoms with Crippen molar-refractivity contribution in [1.82, 2.24) is 5.32 Å². The third-order valence-corrected chi connectivity index (χ3v) is 2.27. The molecule has 1 aromatic rings. The van der Waals surface area contributed by atoms with Crippen molar-refractivity contribution in [2.45, 2.75) is 6.92 Å². The highest BCUT2D eigenvalue weighted by Crippen LogP contribution is 2.19. The summed E-state index contributed by atoms with van der Waals surface area (Å²) in [6.45, 7) is 1.45. The van der Waals surface area contributed by atoms with E-state index in [0.29, 0.717) is 0 Å². The molecule has 0 aliphatic rings. The Morgan fingerprint density at radius 2 is 2.12 bits per heavy atom. The summed E-state index contributed by atoms with van der Waals surface area (Å²) in [6.07, 6.45) is 0. The average Bonchev–Trinajstić information content (AvgIpc) is 2.19. The molecule has 0 bridgehead atoms. The molecular weight excluding hydrogens is 280 g/mol. The van der Waals surface area contributed by atoms with Gasteiger partial charge < -0.3 is 5.32 Å². The fourth-order valence-corrected chi connectivity index (χ4v) is 1.24. The molecule has 0 heterocycles. The standard InChI is InChI=1S/C11H8BrF2NO/c1-7(16)15-4-2-3-8-5-11(14)9(12)6-10(8)13/h5-6H,4H2,1H3,(H,15,16). The molecule has 0 saturated carbocycles. The number of amides is 1. The summed E-state index contributed by atoms with van der Waals surface area (Å²) < 4.78 is 26.3. The second-order valence-corrected chi connectivity index (χ2v) is 3.81. The van der Waals surface area contributed by atoms with Crippen molar-refractivity contribution in [2.75, 3.05) is 6.54 Å². The predicted molar refractivity (Wildman–Crippen MR) is 59.6 cm³/mol. The minimum atomic E-state index is -0.608. The van der Waals surface area contributed by atoms with Gasteiger partial charge in [0.2, 0.25) is 5.91 Å². The Balaban J connectivity index is 2.81. The zero-order valence-corrected chi connectivity index (χ0v) is 9.99. The smallest absolute Gasteiger partial charge is 0.217 e. The van der Waals surface area contributed by atoms with Crippen LogP contribution in [0.25, 0.3) is 0 Å². The van der Waals surface area contributed by atoms with E-state index in [4.69, 9.17) is 0 Å². The summed E-state index contributed by atoms with van der Waals surface area (Å²) in [5.41, 5.74) is -0.0361. The Kier molecular flexibility index (Phi) is 4.44. The Morgan fingerprint density at radius 3 is 2.75 bits per heavy atom. The van der Waals surface area contributed by atoms with Crippen LogP contribution in [0.15, 0.2) is 16.6 Å². The summed E-state index contributed by atoms with van der Waals surface area (Å²) in [5.74, 6) is 3.54. The average molecular weight is 288 g/mol. The number of nitrogens with one attached hydrogen (secondary N) is 1. The Labute approximate surface area is 100 Å². The van der Waals surface area contributed by atoms with Gasteiger partial charge in [0.15, 0.2) is 0 Å². The lowest BCUT2D eigenvalue weighted by Gasteiger charge is -1.97. The third kappa shape index (κ3) is 3.63. The van der Waals surface area contributed by atoms with Crippen molar-refractivity contribution < 1.29 is 13.6 Å². The number of halogens is 3. The summed E-state index contributed by atoms with van der Waals surface area (Å²) in [5, 5.41) is 2.42. The van der Waals surface area contributed by atoms with E-state index in [1.165, 1.54) is 6.92 Å². The van der Waals surface area contributed by atoms with Crippen LogP contribution in [-0.4, -0.2) is 12.5 Å². The van der Waals surface area contributed by atoms with Crippen molar-refractivity contribution in [3.8, 4) is 11.8 Å². The van der Waals surface area contributed by atoms with Crippen LogP contribution in [0.1, 0.15) is 12.5 Å². The van der Waals surface area contributed by atoms with Crippen molar-refractivity contribution in [2.24, 2.45) is 0 Å². The van der Waals surface area contributed by atoms with E-state index in [1.807, 2.05) is 0 Å². The van der Waals surface area contributed by atoms with E-state index in [1.54, 1.807) is 0 Å². The van der Waals surface area contributed by atoms with Gasteiger partial charge in [-0.1, -0.05) is 11.8 Å². The fraction of sp³-hybridized carbons (Fsp3) is 0.182. The van der Waals surface area contributed by atoms with Crippen LogP contribution < -0.4 is 5.32 Å². The highest BCUT2D eigenvalue weighted by atomic mass is 79.9. The molecule has 1 amide bonds. The summed E-state index contributed by atoms with van der Waals surface area (Å²) in [6, 6.07) is 2.01. The first-order valence-corrected chi connectivity index (χ1v) is 5.18. The van der Waals surface area contributed by atoms with Crippen LogP contribution >= 0.6 is 15.9 Å². The van der Waals surface area contributed by atoms with Gasteiger partial charge in [-0.3, -0.25) is 4.79 Å². The first-order chi connectivity index (χ1) is 7.50. The molecule has 2 nitrogen and oxygen atoms in total. The molecule has 0 saturated heterocycles. The largest absolute Gasteiger partial charge is 0.345 e.